The molecule has 0 saturated carbocycles. The molecule has 0 unspecified atom stereocenters. The lowest BCUT2D eigenvalue weighted by Crippen LogP contribution is -2.48. The zero-order chi connectivity index (χ0) is 27.2. The average molecular weight is 542 g/mol. The van der Waals surface area contributed by atoms with Crippen LogP contribution >= 0.6 is 12.2 Å². The molecular weight excluding hydrogens is 513 g/mol. The zero-order valence-electron chi connectivity index (χ0n) is 20.8. The highest BCUT2D eigenvalue weighted by Crippen LogP contribution is 2.28. The number of thiocarbonyl (C=S) groups is 1. The minimum Gasteiger partial charge on any atom is -0.442 e. The lowest BCUT2D eigenvalue weighted by atomic mass is 10.2. The number of ether oxygens (including phenoxy) is 2. The van der Waals surface area contributed by atoms with E-state index in [1.54, 1.807) is 47.4 Å². The number of carbonyl (C=O) groups excluding carboxylic acids is 3. The van der Waals surface area contributed by atoms with Crippen molar-refractivity contribution in [3.05, 3.63) is 59.9 Å². The van der Waals surface area contributed by atoms with E-state index in [0.717, 1.165) is 5.56 Å². The predicted octanol–water partition coefficient (Wildman–Crippen LogP) is 2.27. The van der Waals surface area contributed by atoms with Crippen LogP contribution in [0.3, 0.4) is 0 Å². The van der Waals surface area contributed by atoms with Crippen molar-refractivity contribution in [1.82, 2.24) is 10.2 Å². The molecule has 0 aliphatic carbocycles. The molecule has 0 spiro atoms. The maximum absolute atomic E-state index is 15.0. The second-order valence-corrected chi connectivity index (χ2v) is 9.25. The molecule has 0 aromatic heterocycles. The number of anilines is 2. The number of piperazine rings is 1. The quantitative estimate of drug-likeness (QED) is 0.236. The van der Waals surface area contributed by atoms with Crippen molar-refractivity contribution in [3.63, 3.8) is 0 Å². The van der Waals surface area contributed by atoms with Gasteiger partial charge in [-0.05, 0) is 54.2 Å². The molecule has 2 aromatic rings. The molecule has 2 aromatic carbocycles. The van der Waals surface area contributed by atoms with Crippen LogP contribution in [0.25, 0.3) is 6.08 Å². The maximum Gasteiger partial charge on any atom is 0.414 e. The van der Waals surface area contributed by atoms with Crippen molar-refractivity contribution >= 4 is 52.8 Å². The van der Waals surface area contributed by atoms with Crippen LogP contribution in [0, 0.1) is 5.82 Å². The fourth-order valence-corrected chi connectivity index (χ4v) is 4.31. The summed E-state index contributed by atoms with van der Waals surface area (Å²) < 4.78 is 25.3. The molecule has 2 saturated heterocycles. The number of hydrogen-bond donors (Lipinski definition) is 2. The van der Waals surface area contributed by atoms with Crippen molar-refractivity contribution in [3.8, 4) is 5.75 Å². The van der Waals surface area contributed by atoms with Crippen molar-refractivity contribution in [2.75, 3.05) is 49.1 Å². The van der Waals surface area contributed by atoms with Crippen LogP contribution in [-0.4, -0.2) is 73.4 Å². The van der Waals surface area contributed by atoms with Gasteiger partial charge in [0.15, 0.2) is 5.11 Å². The number of nitrogens with two attached hydrogens (primary N) is 1. The Morgan fingerprint density at radius 1 is 1.18 bits per heavy atom. The molecule has 200 valence electrons. The number of halogens is 1. The third-order valence-corrected chi connectivity index (χ3v) is 6.26. The molecule has 2 aliphatic heterocycles. The first-order valence-electron chi connectivity index (χ1n) is 12.0. The van der Waals surface area contributed by atoms with Crippen LogP contribution < -0.4 is 25.6 Å². The second-order valence-electron chi connectivity index (χ2n) is 8.81. The molecular formula is C26H28FN5O5S. The number of nitrogens with one attached hydrogen (secondary N) is 1. The Hall–Kier alpha value is -4.19. The summed E-state index contributed by atoms with van der Waals surface area (Å²) in [4.78, 5) is 40.8. The van der Waals surface area contributed by atoms with Crippen molar-refractivity contribution in [2.45, 2.75) is 13.0 Å². The predicted molar refractivity (Wildman–Crippen MR) is 144 cm³/mol. The summed E-state index contributed by atoms with van der Waals surface area (Å²) in [6.07, 6.45) is 2.17. The third kappa shape index (κ3) is 6.76. The Bertz CT molecular complexity index is 1250. The normalized spacial score (nSPS) is 17.5. The summed E-state index contributed by atoms with van der Waals surface area (Å²) in [6.45, 7) is 3.65. The first kappa shape index (κ1) is 26.9. The lowest BCUT2D eigenvalue weighted by Gasteiger charge is -2.36. The van der Waals surface area contributed by atoms with E-state index in [1.807, 2.05) is 4.90 Å². The molecule has 4 rings (SSSR count). The molecule has 2 heterocycles. The topological polar surface area (TPSA) is 117 Å². The van der Waals surface area contributed by atoms with E-state index in [0.29, 0.717) is 43.3 Å². The van der Waals surface area contributed by atoms with Gasteiger partial charge in [0.1, 0.15) is 17.7 Å². The molecule has 10 nitrogen and oxygen atoms in total. The summed E-state index contributed by atoms with van der Waals surface area (Å²) in [5.74, 6) is -0.564. The standard InChI is InChI=1S/C26H28FN5O5S/c1-17(33)36-20-6-2-18(3-7-20)4-9-24(34)31-12-10-30(11-13-31)23-8-5-19(14-22(23)27)32-16-21(37-26(32)35)15-29-25(28)38/h2-9,14,21H,10-13,15-16H2,1H3,(H3,28,29,38)/t21-/m0/s1. The number of rotatable bonds is 7. The second kappa shape index (κ2) is 11.9. The lowest BCUT2D eigenvalue weighted by molar-refractivity contribution is -0.132. The first-order chi connectivity index (χ1) is 18.2. The first-order valence-corrected chi connectivity index (χ1v) is 12.4. The molecule has 2 aliphatic rings. The van der Waals surface area contributed by atoms with Crippen LogP contribution in [-0.2, 0) is 14.3 Å². The largest absolute Gasteiger partial charge is 0.442 e. The Kier molecular flexibility index (Phi) is 8.41. The fourth-order valence-electron chi connectivity index (χ4n) is 4.23. The van der Waals surface area contributed by atoms with E-state index < -0.39 is 24.0 Å². The van der Waals surface area contributed by atoms with Gasteiger partial charge in [-0.2, -0.15) is 0 Å². The molecule has 0 radical (unpaired) electrons. The zero-order valence-corrected chi connectivity index (χ0v) is 21.6. The number of benzene rings is 2. The van der Waals surface area contributed by atoms with Gasteiger partial charge in [-0.1, -0.05) is 12.1 Å². The minimum atomic E-state index is -0.563. The van der Waals surface area contributed by atoms with Crippen LogP contribution in [0.4, 0.5) is 20.6 Å². The van der Waals surface area contributed by atoms with Gasteiger partial charge in [-0.25, -0.2) is 9.18 Å². The Balaban J connectivity index is 1.30. The molecule has 0 bridgehead atoms. The maximum atomic E-state index is 15.0. The highest BCUT2D eigenvalue weighted by Gasteiger charge is 2.33. The number of esters is 1. The van der Waals surface area contributed by atoms with E-state index in [9.17, 15) is 14.4 Å². The average Bonchev–Trinajstić information content (AvgIpc) is 3.27. The van der Waals surface area contributed by atoms with Gasteiger partial charge in [-0.3, -0.25) is 14.5 Å². The van der Waals surface area contributed by atoms with Gasteiger partial charge in [-0.15, -0.1) is 0 Å². The molecule has 3 N–H and O–H groups in total. The van der Waals surface area contributed by atoms with E-state index in [1.165, 1.54) is 24.0 Å². The van der Waals surface area contributed by atoms with Gasteiger partial charge in [0, 0.05) is 39.2 Å². The van der Waals surface area contributed by atoms with Gasteiger partial charge >= 0.3 is 12.1 Å². The van der Waals surface area contributed by atoms with Crippen molar-refractivity contribution < 1.29 is 28.2 Å². The van der Waals surface area contributed by atoms with Crippen LogP contribution in [0.15, 0.2) is 48.5 Å². The highest BCUT2D eigenvalue weighted by atomic mass is 32.1. The molecule has 38 heavy (non-hydrogen) atoms. The molecule has 2 amide bonds. The smallest absolute Gasteiger partial charge is 0.414 e. The number of hydrogen-bond acceptors (Lipinski definition) is 7. The van der Waals surface area contributed by atoms with Gasteiger partial charge in [0.25, 0.3) is 0 Å². The molecule has 2 fully saturated rings. The van der Waals surface area contributed by atoms with Gasteiger partial charge in [0.2, 0.25) is 5.91 Å². The highest BCUT2D eigenvalue weighted by molar-refractivity contribution is 7.80. The summed E-state index contributed by atoms with van der Waals surface area (Å²) in [5, 5.41) is 2.87. The van der Waals surface area contributed by atoms with Gasteiger partial charge < -0.3 is 30.3 Å². The Morgan fingerprint density at radius 2 is 1.89 bits per heavy atom. The molecule has 1 atom stereocenters. The van der Waals surface area contributed by atoms with Crippen LogP contribution in [0.1, 0.15) is 12.5 Å². The third-order valence-electron chi connectivity index (χ3n) is 6.11. The SMILES string of the molecule is CC(=O)Oc1ccc(C=CC(=O)N2CCN(c3ccc(N4C[C@H](CNC(N)=S)OC4=O)cc3F)CC2)cc1. The van der Waals surface area contributed by atoms with Crippen LogP contribution in [0.5, 0.6) is 5.75 Å². The monoisotopic (exact) mass is 541 g/mol. The minimum absolute atomic E-state index is 0.111. The summed E-state index contributed by atoms with van der Waals surface area (Å²) >= 11 is 4.77. The van der Waals surface area contributed by atoms with E-state index in [4.69, 9.17) is 27.4 Å². The van der Waals surface area contributed by atoms with Crippen molar-refractivity contribution in [2.24, 2.45) is 5.73 Å². The van der Waals surface area contributed by atoms with E-state index >= 15 is 4.39 Å². The number of carbonyl (C=O) groups is 3. The van der Waals surface area contributed by atoms with E-state index in [2.05, 4.69) is 5.32 Å². The Labute approximate surface area is 224 Å². The van der Waals surface area contributed by atoms with Crippen molar-refractivity contribution in [1.29, 1.82) is 0 Å². The summed E-state index contributed by atoms with van der Waals surface area (Å²) in [5.41, 5.74) is 7.01. The fraction of sp³-hybridized carbons (Fsp3) is 0.308. The molecule has 12 heteroatoms. The Morgan fingerprint density at radius 3 is 2.53 bits per heavy atom. The summed E-state index contributed by atoms with van der Waals surface area (Å²) in [6, 6.07) is 11.4. The number of amides is 2. The van der Waals surface area contributed by atoms with Gasteiger partial charge in [0.05, 0.1) is 24.5 Å². The number of cyclic esters (lactones) is 1. The summed E-state index contributed by atoms with van der Waals surface area (Å²) in [7, 11) is 0. The van der Waals surface area contributed by atoms with E-state index in [-0.39, 0.29) is 24.1 Å². The van der Waals surface area contributed by atoms with Crippen LogP contribution in [0.2, 0.25) is 0 Å². The number of nitrogens with zero attached hydrogens (tertiary/aromatic N) is 3.